The molecular formula is C33H30BrClFN5O6. The summed E-state index contributed by atoms with van der Waals surface area (Å²) in [6, 6.07) is 15.7. The van der Waals surface area contributed by atoms with Crippen LogP contribution in [0.2, 0.25) is 5.02 Å². The fraction of sp³-hybridized carbons (Fsp3) is 0.273. The Morgan fingerprint density at radius 1 is 1.06 bits per heavy atom. The number of nitrogens with zero attached hydrogens (tertiary/aromatic N) is 3. The molecule has 47 heavy (non-hydrogen) atoms. The molecule has 244 valence electrons. The van der Waals surface area contributed by atoms with Crippen LogP contribution < -0.4 is 26.2 Å². The highest BCUT2D eigenvalue weighted by molar-refractivity contribution is 9.10. The van der Waals surface area contributed by atoms with E-state index in [1.807, 2.05) is 0 Å². The molecule has 3 N–H and O–H groups in total. The van der Waals surface area contributed by atoms with Crippen LogP contribution in [0.15, 0.2) is 69.9 Å². The Kier molecular flexibility index (Phi) is 9.11. The lowest BCUT2D eigenvalue weighted by Gasteiger charge is -2.28. The van der Waals surface area contributed by atoms with Crippen LogP contribution in [-0.4, -0.2) is 50.5 Å². The fourth-order valence-electron chi connectivity index (χ4n) is 5.24. The highest BCUT2D eigenvalue weighted by Gasteiger charge is 2.32. The number of fused-ring (bicyclic) bond motifs is 1. The van der Waals surface area contributed by atoms with Gasteiger partial charge in [0.15, 0.2) is 6.10 Å². The number of aromatic nitrogens is 2. The number of halogens is 3. The number of benzene rings is 3. The first-order valence-corrected chi connectivity index (χ1v) is 16.1. The van der Waals surface area contributed by atoms with Gasteiger partial charge in [0, 0.05) is 41.3 Å². The van der Waals surface area contributed by atoms with Gasteiger partial charge in [0.05, 0.1) is 29.1 Å². The SMILES string of the molecule is C[C@H](Oc1ccc(CNC(=O)c2c3n(c(=O)n2-c2ccc(OC4CC4)cc2)CCN(C(=O)c2ccc(Br)c(Cl)c2)C3)c(F)c1)C(N)=O. The van der Waals surface area contributed by atoms with E-state index < -0.39 is 29.4 Å². The van der Waals surface area contributed by atoms with Crippen LogP contribution in [0.3, 0.4) is 0 Å². The molecule has 0 radical (unpaired) electrons. The van der Waals surface area contributed by atoms with Crippen LogP contribution in [0.5, 0.6) is 11.5 Å². The van der Waals surface area contributed by atoms with Gasteiger partial charge >= 0.3 is 5.69 Å². The van der Waals surface area contributed by atoms with Crippen molar-refractivity contribution in [1.82, 2.24) is 19.4 Å². The summed E-state index contributed by atoms with van der Waals surface area (Å²) in [6.45, 7) is 1.58. The number of nitrogens with one attached hydrogen (secondary N) is 1. The number of carbonyl (C=O) groups is 3. The van der Waals surface area contributed by atoms with Gasteiger partial charge in [0.1, 0.15) is 23.0 Å². The Hall–Kier alpha value is -4.62. The first-order valence-electron chi connectivity index (χ1n) is 14.9. The maximum atomic E-state index is 15.0. The average molecular weight is 727 g/mol. The normalized spacial score (nSPS) is 14.7. The van der Waals surface area contributed by atoms with Crippen LogP contribution in [0.25, 0.3) is 5.69 Å². The lowest BCUT2D eigenvalue weighted by atomic mass is 10.1. The summed E-state index contributed by atoms with van der Waals surface area (Å²) in [5, 5.41) is 3.10. The molecule has 4 aromatic rings. The molecule has 2 aliphatic rings. The number of nitrogens with two attached hydrogens (primary N) is 1. The van der Waals surface area contributed by atoms with E-state index in [0.29, 0.717) is 32.2 Å². The molecule has 3 amide bonds. The second-order valence-corrected chi connectivity index (χ2v) is 12.6. The third kappa shape index (κ3) is 6.91. The van der Waals surface area contributed by atoms with Crippen LogP contribution >= 0.6 is 27.5 Å². The smallest absolute Gasteiger partial charge is 0.333 e. The van der Waals surface area contributed by atoms with Crippen LogP contribution in [0.1, 0.15) is 51.9 Å². The summed E-state index contributed by atoms with van der Waals surface area (Å²) in [5.74, 6) is -1.57. The van der Waals surface area contributed by atoms with Crippen molar-refractivity contribution in [3.8, 4) is 17.2 Å². The van der Waals surface area contributed by atoms with E-state index in [9.17, 15) is 23.6 Å². The highest BCUT2D eigenvalue weighted by Crippen LogP contribution is 2.29. The molecule has 0 unspecified atom stereocenters. The predicted molar refractivity (Wildman–Crippen MR) is 174 cm³/mol. The molecule has 0 bridgehead atoms. The zero-order valence-corrected chi connectivity index (χ0v) is 27.5. The van der Waals surface area contributed by atoms with Gasteiger partial charge in [-0.1, -0.05) is 17.7 Å². The third-order valence-electron chi connectivity index (χ3n) is 7.95. The minimum atomic E-state index is -0.959. The molecule has 1 aliphatic carbocycles. The molecule has 0 saturated heterocycles. The van der Waals surface area contributed by atoms with Crippen molar-refractivity contribution in [3.05, 3.63) is 109 Å². The van der Waals surface area contributed by atoms with E-state index in [1.165, 1.54) is 28.2 Å². The minimum absolute atomic E-state index is 0.0212. The van der Waals surface area contributed by atoms with E-state index in [-0.39, 0.29) is 55.2 Å². The number of ether oxygens (including phenoxy) is 2. The van der Waals surface area contributed by atoms with Crippen molar-refractivity contribution in [2.75, 3.05) is 6.54 Å². The van der Waals surface area contributed by atoms with Gasteiger partial charge in [0.25, 0.3) is 17.7 Å². The maximum Gasteiger partial charge on any atom is 0.333 e. The van der Waals surface area contributed by atoms with Gasteiger partial charge < -0.3 is 25.4 Å². The van der Waals surface area contributed by atoms with Crippen molar-refractivity contribution in [2.45, 2.75) is 51.6 Å². The zero-order chi connectivity index (χ0) is 33.4. The molecule has 2 heterocycles. The number of carbonyl (C=O) groups excluding carboxylic acids is 3. The van der Waals surface area contributed by atoms with E-state index in [0.717, 1.165) is 18.9 Å². The largest absolute Gasteiger partial charge is 0.490 e. The molecule has 1 atom stereocenters. The summed E-state index contributed by atoms with van der Waals surface area (Å²) in [7, 11) is 0. The first-order chi connectivity index (χ1) is 22.5. The Morgan fingerprint density at radius 2 is 1.79 bits per heavy atom. The van der Waals surface area contributed by atoms with E-state index in [4.69, 9.17) is 26.8 Å². The molecule has 6 rings (SSSR count). The maximum absolute atomic E-state index is 15.0. The monoisotopic (exact) mass is 725 g/mol. The molecule has 1 aliphatic heterocycles. The van der Waals surface area contributed by atoms with Gasteiger partial charge in [-0.25, -0.2) is 9.18 Å². The van der Waals surface area contributed by atoms with Crippen molar-refractivity contribution in [1.29, 1.82) is 0 Å². The quantitative estimate of drug-likeness (QED) is 0.246. The summed E-state index contributed by atoms with van der Waals surface area (Å²) in [5.41, 5.74) is 6.06. The molecule has 11 nitrogen and oxygen atoms in total. The Balaban J connectivity index is 1.31. The summed E-state index contributed by atoms with van der Waals surface area (Å²) in [4.78, 5) is 54.1. The molecule has 0 spiro atoms. The van der Waals surface area contributed by atoms with Crippen molar-refractivity contribution >= 4 is 45.3 Å². The molecule has 1 saturated carbocycles. The van der Waals surface area contributed by atoms with Crippen LogP contribution in [-0.2, 0) is 24.4 Å². The van der Waals surface area contributed by atoms with Crippen molar-refractivity contribution in [2.24, 2.45) is 5.73 Å². The third-order valence-corrected chi connectivity index (χ3v) is 9.18. The van der Waals surface area contributed by atoms with Crippen molar-refractivity contribution in [3.63, 3.8) is 0 Å². The van der Waals surface area contributed by atoms with Gasteiger partial charge in [-0.05, 0) is 84.2 Å². The lowest BCUT2D eigenvalue weighted by Crippen LogP contribution is -2.41. The molecule has 14 heteroatoms. The Labute approximate surface area is 282 Å². The summed E-state index contributed by atoms with van der Waals surface area (Å²) >= 11 is 9.57. The molecular weight excluding hydrogens is 697 g/mol. The Bertz CT molecular complexity index is 1940. The zero-order valence-electron chi connectivity index (χ0n) is 25.2. The minimum Gasteiger partial charge on any atom is -0.490 e. The second kappa shape index (κ2) is 13.2. The van der Waals surface area contributed by atoms with Gasteiger partial charge in [-0.2, -0.15) is 0 Å². The average Bonchev–Trinajstić information content (AvgIpc) is 3.82. The molecule has 3 aromatic carbocycles. The standard InChI is InChI=1S/C33H30BrClFN5O6/c1-18(30(37)42)46-24-6-2-20(27(36)15-24)16-38-31(43)29-28-17-39(32(44)19-3-11-25(34)26(35)14-19)12-13-40(28)33(45)41(29)21-4-7-22(8-5-21)47-23-9-10-23/h2-8,11,14-15,18,23H,9-10,12-13,16-17H2,1H3,(H2,37,42)(H,38,43)/t18-/m0/s1. The number of rotatable bonds is 10. The van der Waals surface area contributed by atoms with Gasteiger partial charge in [0.2, 0.25) is 0 Å². The second-order valence-electron chi connectivity index (χ2n) is 11.3. The van der Waals surface area contributed by atoms with Crippen LogP contribution in [0.4, 0.5) is 4.39 Å². The first kappa shape index (κ1) is 32.3. The summed E-state index contributed by atoms with van der Waals surface area (Å²) < 4.78 is 29.6. The van der Waals surface area contributed by atoms with Crippen LogP contribution in [0, 0.1) is 5.82 Å². The number of amides is 3. The molecule has 1 aromatic heterocycles. The predicted octanol–water partition coefficient (Wildman–Crippen LogP) is 4.57. The van der Waals surface area contributed by atoms with Gasteiger partial charge in [-0.15, -0.1) is 0 Å². The highest BCUT2D eigenvalue weighted by atomic mass is 79.9. The van der Waals surface area contributed by atoms with Crippen molar-refractivity contribution < 1.29 is 28.2 Å². The topological polar surface area (TPSA) is 138 Å². The lowest BCUT2D eigenvalue weighted by molar-refractivity contribution is -0.124. The number of imidazole rings is 1. The fourth-order valence-corrected chi connectivity index (χ4v) is 5.66. The van der Waals surface area contributed by atoms with E-state index >= 15 is 0 Å². The van der Waals surface area contributed by atoms with Gasteiger partial charge in [-0.3, -0.25) is 23.5 Å². The number of primary amides is 1. The number of hydrogen-bond donors (Lipinski definition) is 2. The van der Waals surface area contributed by atoms with E-state index in [2.05, 4.69) is 21.2 Å². The van der Waals surface area contributed by atoms with E-state index in [1.54, 1.807) is 47.4 Å². The molecule has 1 fully saturated rings. The summed E-state index contributed by atoms with van der Waals surface area (Å²) in [6.07, 6.45) is 1.20. The Morgan fingerprint density at radius 3 is 2.45 bits per heavy atom. The number of hydrogen-bond acceptors (Lipinski definition) is 6.